The van der Waals surface area contributed by atoms with E-state index < -0.39 is 11.6 Å². The van der Waals surface area contributed by atoms with E-state index in [0.717, 1.165) is 5.56 Å². The summed E-state index contributed by atoms with van der Waals surface area (Å²) in [5.41, 5.74) is -0.841. The first-order chi connectivity index (χ1) is 6.92. The minimum atomic E-state index is -1.86. The van der Waals surface area contributed by atoms with Gasteiger partial charge in [0.05, 0.1) is 0 Å². The molecule has 0 fully saturated rings. The number of hydrogen-bond acceptors (Lipinski definition) is 3. The van der Waals surface area contributed by atoms with Crippen molar-refractivity contribution < 1.29 is 19.7 Å². The zero-order chi connectivity index (χ0) is 11.5. The van der Waals surface area contributed by atoms with E-state index in [9.17, 15) is 9.90 Å². The fourth-order valence-electron chi connectivity index (χ4n) is 0.991. The number of aryl methyl sites for hydroxylation is 1. The van der Waals surface area contributed by atoms with E-state index in [1.54, 1.807) is 18.2 Å². The molecule has 0 radical (unpaired) electrons. The number of rotatable bonds is 4. The summed E-state index contributed by atoms with van der Waals surface area (Å²) >= 11 is 0. The SMILES string of the molecule is Cc1cccc(OCC(C)(O)C(=O)O)c1. The van der Waals surface area contributed by atoms with Crippen LogP contribution in [-0.2, 0) is 4.79 Å². The Bertz CT molecular complexity index is 357. The standard InChI is InChI=1S/C11H14O4/c1-8-4-3-5-9(6-8)15-7-11(2,14)10(12)13/h3-6,14H,7H2,1-2H3,(H,12,13). The number of hydrogen-bond donors (Lipinski definition) is 2. The van der Waals surface area contributed by atoms with Crippen molar-refractivity contribution in [2.24, 2.45) is 0 Å². The average Bonchev–Trinajstić information content (AvgIpc) is 2.15. The molecule has 0 spiro atoms. The first kappa shape index (κ1) is 11.5. The van der Waals surface area contributed by atoms with E-state index >= 15 is 0 Å². The molecule has 1 rings (SSSR count). The molecule has 0 saturated carbocycles. The Morgan fingerprint density at radius 2 is 2.20 bits per heavy atom. The molecular formula is C11H14O4. The van der Waals surface area contributed by atoms with Gasteiger partial charge in [-0.15, -0.1) is 0 Å². The molecule has 1 aromatic rings. The average molecular weight is 210 g/mol. The van der Waals surface area contributed by atoms with Gasteiger partial charge in [-0.2, -0.15) is 0 Å². The van der Waals surface area contributed by atoms with Crippen LogP contribution in [0.2, 0.25) is 0 Å². The minimum Gasteiger partial charge on any atom is -0.490 e. The van der Waals surface area contributed by atoms with Crippen molar-refractivity contribution in [2.75, 3.05) is 6.61 Å². The number of ether oxygens (including phenoxy) is 1. The fraction of sp³-hybridized carbons (Fsp3) is 0.364. The molecule has 4 heteroatoms. The van der Waals surface area contributed by atoms with Gasteiger partial charge >= 0.3 is 5.97 Å². The molecule has 0 bridgehead atoms. The molecule has 0 saturated heterocycles. The van der Waals surface area contributed by atoms with Crippen LogP contribution in [-0.4, -0.2) is 28.4 Å². The number of carboxylic acid groups (broad SMARTS) is 1. The van der Waals surface area contributed by atoms with E-state index in [-0.39, 0.29) is 6.61 Å². The van der Waals surface area contributed by atoms with Crippen LogP contribution in [0.4, 0.5) is 0 Å². The Hall–Kier alpha value is -1.55. The summed E-state index contributed by atoms with van der Waals surface area (Å²) in [5.74, 6) is -0.744. The largest absolute Gasteiger partial charge is 0.490 e. The predicted octanol–water partition coefficient (Wildman–Crippen LogP) is 1.21. The van der Waals surface area contributed by atoms with E-state index in [1.165, 1.54) is 6.92 Å². The summed E-state index contributed by atoms with van der Waals surface area (Å²) in [6.45, 7) is 2.83. The lowest BCUT2D eigenvalue weighted by atomic mass is 10.1. The Kier molecular flexibility index (Phi) is 3.31. The lowest BCUT2D eigenvalue weighted by Crippen LogP contribution is -2.41. The van der Waals surface area contributed by atoms with E-state index in [4.69, 9.17) is 9.84 Å². The third-order valence-electron chi connectivity index (χ3n) is 1.97. The maximum atomic E-state index is 10.6. The van der Waals surface area contributed by atoms with Crippen molar-refractivity contribution in [3.05, 3.63) is 29.8 Å². The fourth-order valence-corrected chi connectivity index (χ4v) is 0.991. The monoisotopic (exact) mass is 210 g/mol. The highest BCUT2D eigenvalue weighted by atomic mass is 16.5. The lowest BCUT2D eigenvalue weighted by molar-refractivity contribution is -0.159. The molecule has 4 nitrogen and oxygen atoms in total. The third-order valence-corrected chi connectivity index (χ3v) is 1.97. The van der Waals surface area contributed by atoms with Crippen molar-refractivity contribution >= 4 is 5.97 Å². The molecule has 2 N–H and O–H groups in total. The predicted molar refractivity (Wildman–Crippen MR) is 54.9 cm³/mol. The summed E-state index contributed by atoms with van der Waals surface area (Å²) in [7, 11) is 0. The van der Waals surface area contributed by atoms with Crippen molar-refractivity contribution in [3.8, 4) is 5.75 Å². The number of carbonyl (C=O) groups is 1. The molecule has 1 aromatic carbocycles. The second-order valence-electron chi connectivity index (χ2n) is 3.68. The molecule has 0 aliphatic carbocycles. The van der Waals surface area contributed by atoms with Crippen LogP contribution < -0.4 is 4.74 Å². The summed E-state index contributed by atoms with van der Waals surface area (Å²) < 4.78 is 5.18. The zero-order valence-corrected chi connectivity index (χ0v) is 8.73. The molecular weight excluding hydrogens is 196 g/mol. The molecule has 1 unspecified atom stereocenters. The van der Waals surface area contributed by atoms with Gasteiger partial charge < -0.3 is 14.9 Å². The van der Waals surface area contributed by atoms with Gasteiger partial charge in [-0.3, -0.25) is 0 Å². The zero-order valence-electron chi connectivity index (χ0n) is 8.73. The number of benzene rings is 1. The molecule has 0 aliphatic heterocycles. The highest BCUT2D eigenvalue weighted by Crippen LogP contribution is 2.14. The van der Waals surface area contributed by atoms with Gasteiger partial charge in [0.25, 0.3) is 0 Å². The maximum Gasteiger partial charge on any atom is 0.339 e. The van der Waals surface area contributed by atoms with E-state index in [0.29, 0.717) is 5.75 Å². The van der Waals surface area contributed by atoms with Gasteiger partial charge in [0.1, 0.15) is 12.4 Å². The Morgan fingerprint density at radius 3 is 2.73 bits per heavy atom. The summed E-state index contributed by atoms with van der Waals surface area (Å²) in [4.78, 5) is 10.6. The molecule has 0 heterocycles. The van der Waals surface area contributed by atoms with E-state index in [2.05, 4.69) is 0 Å². The minimum absolute atomic E-state index is 0.272. The van der Waals surface area contributed by atoms with Gasteiger partial charge in [0, 0.05) is 0 Å². The van der Waals surface area contributed by atoms with Crippen molar-refractivity contribution in [1.82, 2.24) is 0 Å². The van der Waals surface area contributed by atoms with Gasteiger partial charge in [-0.1, -0.05) is 12.1 Å². The Labute approximate surface area is 88.1 Å². The number of aliphatic carboxylic acids is 1. The van der Waals surface area contributed by atoms with Gasteiger partial charge in [-0.05, 0) is 31.5 Å². The number of carboxylic acids is 1. The summed E-state index contributed by atoms with van der Waals surface area (Å²) in [6, 6.07) is 7.20. The topological polar surface area (TPSA) is 66.8 Å². The molecule has 82 valence electrons. The summed E-state index contributed by atoms with van der Waals surface area (Å²) in [5, 5.41) is 18.0. The molecule has 1 atom stereocenters. The molecule has 15 heavy (non-hydrogen) atoms. The lowest BCUT2D eigenvalue weighted by Gasteiger charge is -2.18. The molecule has 0 aliphatic rings. The van der Waals surface area contributed by atoms with Crippen molar-refractivity contribution in [1.29, 1.82) is 0 Å². The number of aliphatic hydroxyl groups is 1. The van der Waals surface area contributed by atoms with Crippen molar-refractivity contribution in [2.45, 2.75) is 19.4 Å². The second kappa shape index (κ2) is 4.31. The van der Waals surface area contributed by atoms with Crippen LogP contribution in [0.3, 0.4) is 0 Å². The van der Waals surface area contributed by atoms with E-state index in [1.807, 2.05) is 13.0 Å². The van der Waals surface area contributed by atoms with Crippen LogP contribution >= 0.6 is 0 Å². The van der Waals surface area contributed by atoms with Crippen LogP contribution in [0.5, 0.6) is 5.75 Å². The summed E-state index contributed by atoms with van der Waals surface area (Å²) in [6.07, 6.45) is 0. The van der Waals surface area contributed by atoms with Crippen LogP contribution in [0.15, 0.2) is 24.3 Å². The quantitative estimate of drug-likeness (QED) is 0.783. The maximum absolute atomic E-state index is 10.6. The Morgan fingerprint density at radius 1 is 1.53 bits per heavy atom. The third kappa shape index (κ3) is 3.25. The van der Waals surface area contributed by atoms with Gasteiger partial charge in [-0.25, -0.2) is 4.79 Å². The highest BCUT2D eigenvalue weighted by Gasteiger charge is 2.30. The van der Waals surface area contributed by atoms with Gasteiger partial charge in [0.2, 0.25) is 0 Å². The highest BCUT2D eigenvalue weighted by molar-refractivity contribution is 5.76. The second-order valence-corrected chi connectivity index (χ2v) is 3.68. The Balaban J connectivity index is 2.61. The molecule has 0 amide bonds. The molecule has 0 aromatic heterocycles. The van der Waals surface area contributed by atoms with Crippen LogP contribution in [0.1, 0.15) is 12.5 Å². The first-order valence-corrected chi connectivity index (χ1v) is 4.57. The van der Waals surface area contributed by atoms with Crippen molar-refractivity contribution in [3.63, 3.8) is 0 Å². The van der Waals surface area contributed by atoms with Crippen LogP contribution in [0, 0.1) is 6.92 Å². The normalized spacial score (nSPS) is 14.3. The van der Waals surface area contributed by atoms with Gasteiger partial charge in [0.15, 0.2) is 5.60 Å². The first-order valence-electron chi connectivity index (χ1n) is 4.57. The smallest absolute Gasteiger partial charge is 0.339 e. The van der Waals surface area contributed by atoms with Crippen LogP contribution in [0.25, 0.3) is 0 Å².